The van der Waals surface area contributed by atoms with E-state index in [0.29, 0.717) is 0 Å². The Balaban J connectivity index is 1.66. The third-order valence-electron chi connectivity index (χ3n) is 7.50. The van der Waals surface area contributed by atoms with Crippen LogP contribution in [0.25, 0.3) is 0 Å². The molecule has 1 heterocycles. The molecule has 3 aromatic rings. The van der Waals surface area contributed by atoms with Crippen LogP contribution in [0.15, 0.2) is 72.8 Å². The Kier molecular flexibility index (Phi) is 3.97. The molecule has 3 aliphatic carbocycles. The summed E-state index contributed by atoms with van der Waals surface area (Å²) < 4.78 is 0. The first-order valence-electron chi connectivity index (χ1n) is 10.7. The van der Waals surface area contributed by atoms with Gasteiger partial charge in [-0.05, 0) is 41.3 Å². The van der Waals surface area contributed by atoms with E-state index < -0.39 is 35.0 Å². The van der Waals surface area contributed by atoms with Gasteiger partial charge in [0.15, 0.2) is 0 Å². The van der Waals surface area contributed by atoms with Crippen molar-refractivity contribution in [2.24, 2.45) is 11.8 Å². The molecular weight excluding hydrogens is 420 g/mol. The number of para-hydroxylation sites is 2. The van der Waals surface area contributed by atoms with Crippen molar-refractivity contribution >= 4 is 29.0 Å². The van der Waals surface area contributed by atoms with Gasteiger partial charge in [-0.25, -0.2) is 4.90 Å². The molecule has 0 saturated carbocycles. The number of benzene rings is 3. The minimum atomic E-state index is -1.31. The number of Topliss-reactive ketones (excluding diaryl/α,β-unsaturated/α-hetero) is 1. The predicted molar refractivity (Wildman–Crippen MR) is 120 cm³/mol. The second-order valence-corrected chi connectivity index (χ2v) is 8.79. The molecule has 7 rings (SSSR count). The molecule has 0 radical (unpaired) electrons. The summed E-state index contributed by atoms with van der Waals surface area (Å²) in [6, 6.07) is 20.9. The van der Waals surface area contributed by atoms with Gasteiger partial charge in [-0.1, -0.05) is 60.7 Å². The van der Waals surface area contributed by atoms with Gasteiger partial charge in [0.1, 0.15) is 5.78 Å². The lowest BCUT2D eigenvalue weighted by atomic mass is 9.46. The van der Waals surface area contributed by atoms with E-state index in [1.165, 1.54) is 25.1 Å². The van der Waals surface area contributed by atoms with E-state index in [0.717, 1.165) is 27.2 Å². The van der Waals surface area contributed by atoms with Crippen LogP contribution in [0.4, 0.5) is 11.4 Å². The zero-order valence-corrected chi connectivity index (χ0v) is 17.6. The lowest BCUT2D eigenvalue weighted by Crippen LogP contribution is -2.57. The largest absolute Gasteiger partial charge is 0.733 e. The number of rotatable bonds is 3. The number of anilines is 2. The Labute approximate surface area is 189 Å². The fourth-order valence-corrected chi connectivity index (χ4v) is 6.42. The summed E-state index contributed by atoms with van der Waals surface area (Å²) in [7, 11) is 0. The van der Waals surface area contributed by atoms with Gasteiger partial charge in [0.05, 0.1) is 28.6 Å². The number of hydrogen-bond donors (Lipinski definition) is 1. The molecule has 33 heavy (non-hydrogen) atoms. The molecule has 3 aromatic carbocycles. The number of nitrogens with zero attached hydrogens (tertiary/aromatic N) is 2. The van der Waals surface area contributed by atoms with Crippen molar-refractivity contribution in [1.82, 2.24) is 0 Å². The molecule has 2 bridgehead atoms. The Hall–Kier alpha value is -3.81. The van der Waals surface area contributed by atoms with E-state index >= 15 is 0 Å². The summed E-state index contributed by atoms with van der Waals surface area (Å²) in [4.78, 5) is 42.4. The molecule has 7 heteroatoms. The molecule has 2 amide bonds. The van der Waals surface area contributed by atoms with E-state index in [1.807, 2.05) is 48.5 Å². The lowest BCUT2D eigenvalue weighted by Gasteiger charge is -2.52. The second-order valence-electron chi connectivity index (χ2n) is 8.79. The standard InChI is InChI=1S/C26H19N2O5/c1-14(29)26-17-10-4-2-8-15(17)21(16-9-3-5-11-18(16)26)22-23(26)25(31)27(24(22)30)19-12-6-7-13-20(19)28(32)33/h2-13,21-23,32H,1H3/q-1/t21?,22-,23+,26?/m0/s1. The van der Waals surface area contributed by atoms with E-state index in [1.54, 1.807) is 6.07 Å². The van der Waals surface area contributed by atoms with Gasteiger partial charge in [0, 0.05) is 5.92 Å². The van der Waals surface area contributed by atoms with E-state index in [-0.39, 0.29) is 22.4 Å². The van der Waals surface area contributed by atoms with Crippen LogP contribution in [-0.4, -0.2) is 22.8 Å². The van der Waals surface area contributed by atoms with E-state index in [9.17, 15) is 24.8 Å². The summed E-state index contributed by atoms with van der Waals surface area (Å²) in [5.74, 6) is -3.35. The summed E-state index contributed by atoms with van der Waals surface area (Å²) in [5.41, 5.74) is 1.74. The molecule has 0 unspecified atom stereocenters. The first-order chi connectivity index (χ1) is 15.9. The van der Waals surface area contributed by atoms with Crippen LogP contribution in [0.1, 0.15) is 35.1 Å². The third kappa shape index (κ3) is 2.23. The highest BCUT2D eigenvalue weighted by molar-refractivity contribution is 6.26. The average molecular weight is 439 g/mol. The highest BCUT2D eigenvalue weighted by Gasteiger charge is 2.70. The summed E-state index contributed by atoms with van der Waals surface area (Å²) in [6.07, 6.45) is 0. The smallest absolute Gasteiger partial charge is 0.239 e. The van der Waals surface area contributed by atoms with Crippen LogP contribution < -0.4 is 10.1 Å². The van der Waals surface area contributed by atoms with Gasteiger partial charge in [-0.15, -0.1) is 0 Å². The second kappa shape index (κ2) is 6.60. The van der Waals surface area contributed by atoms with Crippen LogP contribution in [0, 0.1) is 17.0 Å². The molecular formula is C26H19N2O5-. The summed E-state index contributed by atoms with van der Waals surface area (Å²) >= 11 is 0. The number of carbonyl (C=O) groups excluding carboxylic acids is 3. The fourth-order valence-electron chi connectivity index (χ4n) is 6.42. The number of carbonyl (C=O) groups is 3. The predicted octanol–water partition coefficient (Wildman–Crippen LogP) is 3.52. The van der Waals surface area contributed by atoms with Crippen molar-refractivity contribution < 1.29 is 19.6 Å². The lowest BCUT2D eigenvalue weighted by molar-refractivity contribution is -0.132. The zero-order chi connectivity index (χ0) is 23.1. The molecule has 4 aliphatic rings. The molecule has 7 nitrogen and oxygen atoms in total. The minimum absolute atomic E-state index is 0.00520. The summed E-state index contributed by atoms with van der Waals surface area (Å²) in [5, 5.41) is 21.0. The minimum Gasteiger partial charge on any atom is -0.733 e. The Morgan fingerprint density at radius 3 is 2.03 bits per heavy atom. The maximum Gasteiger partial charge on any atom is 0.239 e. The zero-order valence-electron chi connectivity index (χ0n) is 17.6. The van der Waals surface area contributed by atoms with Crippen molar-refractivity contribution in [3.63, 3.8) is 0 Å². The van der Waals surface area contributed by atoms with Gasteiger partial charge in [0.25, 0.3) is 0 Å². The highest BCUT2D eigenvalue weighted by atomic mass is 16.8. The number of ketones is 1. The maximum atomic E-state index is 14.0. The van der Waals surface area contributed by atoms with E-state index in [2.05, 4.69) is 0 Å². The monoisotopic (exact) mass is 439 g/mol. The SMILES string of the molecule is CC(=O)C12c3ccccc3C(c3ccccc31)[C@@H]1C(=O)N(c3ccccc3N([O-])O)C(=O)[C@@H]12. The maximum absolute atomic E-state index is 14.0. The first kappa shape index (κ1) is 19.8. The third-order valence-corrected chi connectivity index (χ3v) is 7.50. The molecule has 0 spiro atoms. The van der Waals surface area contributed by atoms with Crippen LogP contribution >= 0.6 is 0 Å². The fraction of sp³-hybridized carbons (Fsp3) is 0.192. The van der Waals surface area contributed by atoms with Gasteiger partial charge >= 0.3 is 0 Å². The Bertz CT molecular complexity index is 1320. The quantitative estimate of drug-likeness (QED) is 0.495. The van der Waals surface area contributed by atoms with Crippen LogP contribution in [0.3, 0.4) is 0 Å². The van der Waals surface area contributed by atoms with Crippen molar-refractivity contribution in [1.29, 1.82) is 0 Å². The average Bonchev–Trinajstić information content (AvgIpc) is 3.09. The topological polar surface area (TPSA) is 101 Å². The van der Waals surface area contributed by atoms with Crippen LogP contribution in [0.2, 0.25) is 0 Å². The van der Waals surface area contributed by atoms with Crippen molar-refractivity contribution in [3.05, 3.63) is 100 Å². The highest BCUT2D eigenvalue weighted by Crippen LogP contribution is 2.64. The molecule has 1 fully saturated rings. The molecule has 1 saturated heterocycles. The van der Waals surface area contributed by atoms with Crippen molar-refractivity contribution in [2.45, 2.75) is 18.3 Å². The molecule has 1 N–H and O–H groups in total. The first-order valence-corrected chi connectivity index (χ1v) is 10.7. The van der Waals surface area contributed by atoms with E-state index in [4.69, 9.17) is 0 Å². The molecule has 1 aliphatic heterocycles. The van der Waals surface area contributed by atoms with Crippen LogP contribution in [-0.2, 0) is 19.8 Å². The van der Waals surface area contributed by atoms with Gasteiger partial charge < -0.3 is 10.4 Å². The molecule has 164 valence electrons. The van der Waals surface area contributed by atoms with Crippen molar-refractivity contribution in [2.75, 3.05) is 10.1 Å². The Morgan fingerprint density at radius 2 is 1.45 bits per heavy atom. The summed E-state index contributed by atoms with van der Waals surface area (Å²) in [6.45, 7) is 1.47. The Morgan fingerprint density at radius 1 is 0.909 bits per heavy atom. The van der Waals surface area contributed by atoms with Gasteiger partial charge in [0.2, 0.25) is 11.8 Å². The van der Waals surface area contributed by atoms with Gasteiger partial charge in [-0.2, -0.15) is 0 Å². The molecule has 0 aromatic heterocycles. The number of imide groups is 1. The number of hydrogen-bond acceptors (Lipinski definition) is 6. The van der Waals surface area contributed by atoms with Crippen LogP contribution in [0.5, 0.6) is 0 Å². The molecule has 2 atom stereocenters. The van der Waals surface area contributed by atoms with Crippen molar-refractivity contribution in [3.8, 4) is 0 Å². The number of amides is 2. The van der Waals surface area contributed by atoms with Gasteiger partial charge in [-0.3, -0.25) is 19.6 Å². The normalized spacial score (nSPS) is 26.6.